The topological polar surface area (TPSA) is 153 Å². The highest BCUT2D eigenvalue weighted by Gasteiger charge is 2.45. The van der Waals surface area contributed by atoms with Gasteiger partial charge >= 0.3 is 12.1 Å². The normalized spacial score (nSPS) is 13.1. The zero-order valence-corrected chi connectivity index (χ0v) is 25.2. The Balaban J connectivity index is 1.81. The first-order valence-electron chi connectivity index (χ1n) is 13.5. The number of aromatic nitrogens is 2. The Morgan fingerprint density at radius 1 is 0.930 bits per heavy atom. The Morgan fingerprint density at radius 3 is 2.23 bits per heavy atom. The number of pyridine rings is 2. The van der Waals surface area contributed by atoms with E-state index >= 15 is 0 Å². The molecule has 0 bridgehead atoms. The second-order valence-corrected chi connectivity index (χ2v) is 13.3. The van der Waals surface area contributed by atoms with Gasteiger partial charge in [-0.15, -0.1) is 0 Å². The van der Waals surface area contributed by atoms with Gasteiger partial charge in [0.25, 0.3) is 0 Å². The SMILES string of the molecule is Cc1cccc(-c2ccc(CC(N)(c3cccc(N(CC(=O)O)C(=O)OC(C)(C)C)n3)S(=O)(=O)c3ccccn3)cc2)c1. The number of carbonyl (C=O) groups excluding carboxylic acids is 1. The van der Waals surface area contributed by atoms with Crippen molar-refractivity contribution >= 4 is 27.7 Å². The standard InChI is InChI=1S/C32H34N4O6S/c1-22-9-7-10-25(19-22)24-16-14-23(15-17-24)20-32(33,43(40,41)28-13-5-6-18-34-28)26-11-8-12-27(35-26)36(21-29(37)38)30(39)42-31(2,3)4/h5-19H,20-21,33H2,1-4H3,(H,37,38). The lowest BCUT2D eigenvalue weighted by Gasteiger charge is -2.30. The van der Waals surface area contributed by atoms with E-state index in [2.05, 4.69) is 16.0 Å². The fraction of sp³-hybridized carbons (Fsp3) is 0.250. The highest BCUT2D eigenvalue weighted by Crippen LogP contribution is 2.34. The number of benzene rings is 2. The monoisotopic (exact) mass is 602 g/mol. The van der Waals surface area contributed by atoms with Gasteiger partial charge in [-0.2, -0.15) is 0 Å². The van der Waals surface area contributed by atoms with E-state index in [0.717, 1.165) is 21.6 Å². The van der Waals surface area contributed by atoms with Crippen LogP contribution in [0.25, 0.3) is 11.1 Å². The third-order valence-corrected chi connectivity index (χ3v) is 8.62. The summed E-state index contributed by atoms with van der Waals surface area (Å²) >= 11 is 0. The number of aliphatic carboxylic acids is 1. The van der Waals surface area contributed by atoms with E-state index in [4.69, 9.17) is 10.5 Å². The predicted molar refractivity (Wildman–Crippen MR) is 163 cm³/mol. The van der Waals surface area contributed by atoms with Gasteiger partial charge in [0.2, 0.25) is 9.84 Å². The first kappa shape index (κ1) is 31.3. The van der Waals surface area contributed by atoms with Crippen LogP contribution in [0.3, 0.4) is 0 Å². The molecule has 11 heteroatoms. The number of hydrogen-bond acceptors (Lipinski definition) is 8. The number of rotatable bonds is 9. The third-order valence-electron chi connectivity index (χ3n) is 6.52. The second-order valence-electron chi connectivity index (χ2n) is 11.1. The average molecular weight is 603 g/mol. The Labute approximate surface area is 251 Å². The fourth-order valence-corrected chi connectivity index (χ4v) is 6.04. The molecule has 0 aliphatic heterocycles. The van der Waals surface area contributed by atoms with Crippen molar-refractivity contribution in [1.29, 1.82) is 0 Å². The van der Waals surface area contributed by atoms with Crippen molar-refractivity contribution in [2.75, 3.05) is 11.4 Å². The number of nitrogens with zero attached hydrogens (tertiary/aromatic N) is 3. The summed E-state index contributed by atoms with van der Waals surface area (Å²) in [5, 5.41) is 9.25. The summed E-state index contributed by atoms with van der Waals surface area (Å²) in [5.41, 5.74) is 9.50. The number of aryl methyl sites for hydroxylation is 1. The maximum absolute atomic E-state index is 14.1. The maximum atomic E-state index is 14.1. The number of ether oxygens (including phenoxy) is 1. The van der Waals surface area contributed by atoms with Gasteiger partial charge in [-0.1, -0.05) is 66.2 Å². The van der Waals surface area contributed by atoms with Crippen molar-refractivity contribution in [3.63, 3.8) is 0 Å². The van der Waals surface area contributed by atoms with Gasteiger partial charge in [0.15, 0.2) is 9.90 Å². The molecule has 1 amide bonds. The largest absolute Gasteiger partial charge is 0.480 e. The molecule has 10 nitrogen and oxygen atoms in total. The molecule has 1 unspecified atom stereocenters. The first-order valence-corrected chi connectivity index (χ1v) is 15.0. The zero-order chi connectivity index (χ0) is 31.4. The van der Waals surface area contributed by atoms with Gasteiger partial charge in [-0.3, -0.25) is 9.69 Å². The summed E-state index contributed by atoms with van der Waals surface area (Å²) in [6, 6.07) is 24.1. The lowest BCUT2D eigenvalue weighted by molar-refractivity contribution is -0.135. The Hall–Kier alpha value is -4.61. The van der Waals surface area contributed by atoms with Crippen LogP contribution in [0.5, 0.6) is 0 Å². The number of hydrogen-bond donors (Lipinski definition) is 2. The molecule has 2 heterocycles. The van der Waals surface area contributed by atoms with E-state index in [0.29, 0.717) is 5.56 Å². The van der Waals surface area contributed by atoms with Crippen LogP contribution in [0.4, 0.5) is 10.6 Å². The molecule has 4 rings (SSSR count). The van der Waals surface area contributed by atoms with E-state index in [1.807, 2.05) is 37.3 Å². The van der Waals surface area contributed by atoms with Crippen molar-refractivity contribution in [1.82, 2.24) is 9.97 Å². The van der Waals surface area contributed by atoms with Gasteiger partial charge in [0.1, 0.15) is 18.0 Å². The van der Waals surface area contributed by atoms with E-state index in [1.165, 1.54) is 36.5 Å². The van der Waals surface area contributed by atoms with E-state index in [1.54, 1.807) is 39.0 Å². The van der Waals surface area contributed by atoms with E-state index in [9.17, 15) is 23.1 Å². The van der Waals surface area contributed by atoms with Crippen molar-refractivity contribution in [2.24, 2.45) is 5.73 Å². The van der Waals surface area contributed by atoms with Crippen LogP contribution in [-0.4, -0.2) is 47.7 Å². The van der Waals surface area contributed by atoms with Gasteiger partial charge in [-0.05, 0) is 68.7 Å². The summed E-state index contributed by atoms with van der Waals surface area (Å²) in [6.45, 7) is 6.16. The van der Waals surface area contributed by atoms with E-state index < -0.39 is 38.9 Å². The molecule has 2 aromatic heterocycles. The molecule has 0 saturated carbocycles. The van der Waals surface area contributed by atoms with Crippen LogP contribution in [0.2, 0.25) is 0 Å². The van der Waals surface area contributed by atoms with Gasteiger partial charge in [0.05, 0.1) is 5.69 Å². The van der Waals surface area contributed by atoms with Crippen LogP contribution >= 0.6 is 0 Å². The van der Waals surface area contributed by atoms with Gasteiger partial charge < -0.3 is 15.6 Å². The molecule has 4 aromatic rings. The minimum Gasteiger partial charge on any atom is -0.480 e. The molecule has 3 N–H and O–H groups in total. The first-order chi connectivity index (χ1) is 20.2. The van der Waals surface area contributed by atoms with Crippen molar-refractivity contribution < 1.29 is 27.9 Å². The maximum Gasteiger partial charge on any atom is 0.416 e. The number of anilines is 1. The molecule has 224 valence electrons. The number of nitrogens with two attached hydrogens (primary N) is 1. The average Bonchev–Trinajstić information content (AvgIpc) is 2.95. The Morgan fingerprint density at radius 2 is 1.63 bits per heavy atom. The van der Waals surface area contributed by atoms with Crippen LogP contribution in [-0.2, 0) is 30.7 Å². The van der Waals surface area contributed by atoms with Crippen LogP contribution in [0.1, 0.15) is 37.6 Å². The summed E-state index contributed by atoms with van der Waals surface area (Å²) in [5.74, 6) is -1.44. The summed E-state index contributed by atoms with van der Waals surface area (Å²) < 4.78 is 33.7. The van der Waals surface area contributed by atoms with Gasteiger partial charge in [0, 0.05) is 12.6 Å². The number of sulfone groups is 1. The zero-order valence-electron chi connectivity index (χ0n) is 24.4. The summed E-state index contributed by atoms with van der Waals surface area (Å²) in [6.07, 6.45) is 0.202. The minimum absolute atomic E-state index is 0.0997. The molecule has 0 spiro atoms. The van der Waals surface area contributed by atoms with Crippen LogP contribution in [0.15, 0.2) is 96.2 Å². The molecule has 0 aliphatic carbocycles. The minimum atomic E-state index is -4.38. The molecule has 0 aliphatic rings. The smallest absolute Gasteiger partial charge is 0.416 e. The van der Waals surface area contributed by atoms with Gasteiger partial charge in [-0.25, -0.2) is 23.2 Å². The van der Waals surface area contributed by atoms with E-state index in [-0.39, 0.29) is 23.0 Å². The quantitative estimate of drug-likeness (QED) is 0.266. The second kappa shape index (κ2) is 12.3. The number of amides is 1. The molecular weight excluding hydrogens is 568 g/mol. The molecule has 0 saturated heterocycles. The molecule has 0 radical (unpaired) electrons. The van der Waals surface area contributed by atoms with Crippen LogP contribution < -0.4 is 10.6 Å². The number of carboxylic acid groups (broad SMARTS) is 1. The molecular formula is C32H34N4O6S. The number of carbonyl (C=O) groups is 2. The molecule has 1 atom stereocenters. The predicted octanol–water partition coefficient (Wildman–Crippen LogP) is 5.11. The highest BCUT2D eigenvalue weighted by atomic mass is 32.2. The summed E-state index contributed by atoms with van der Waals surface area (Å²) in [7, 11) is -4.38. The summed E-state index contributed by atoms with van der Waals surface area (Å²) in [4.78, 5) is 31.8. The van der Waals surface area contributed by atoms with Crippen molar-refractivity contribution in [3.05, 3.63) is 108 Å². The Kier molecular flexibility index (Phi) is 8.98. The third kappa shape index (κ3) is 7.25. The van der Waals surface area contributed by atoms with Crippen molar-refractivity contribution in [2.45, 2.75) is 49.6 Å². The van der Waals surface area contributed by atoms with Crippen LogP contribution in [0, 0.1) is 6.92 Å². The fourth-order valence-electron chi connectivity index (χ4n) is 4.46. The molecule has 2 aromatic carbocycles. The highest BCUT2D eigenvalue weighted by molar-refractivity contribution is 7.92. The lowest BCUT2D eigenvalue weighted by Crippen LogP contribution is -2.48. The van der Waals surface area contributed by atoms with Crippen molar-refractivity contribution in [3.8, 4) is 11.1 Å². The molecule has 0 fully saturated rings. The lowest BCUT2D eigenvalue weighted by atomic mass is 9.98. The Bertz CT molecular complexity index is 1720. The number of carboxylic acids is 1. The molecule has 43 heavy (non-hydrogen) atoms.